The first-order valence-corrected chi connectivity index (χ1v) is 5.79. The van der Waals surface area contributed by atoms with E-state index in [-0.39, 0.29) is 5.92 Å². The van der Waals surface area contributed by atoms with E-state index >= 15 is 0 Å². The molecule has 2 N–H and O–H groups in total. The molecule has 5 nitrogen and oxygen atoms in total. The zero-order valence-electron chi connectivity index (χ0n) is 9.74. The van der Waals surface area contributed by atoms with E-state index in [2.05, 4.69) is 25.5 Å². The lowest BCUT2D eigenvalue weighted by Gasteiger charge is -2.08. The fourth-order valence-electron chi connectivity index (χ4n) is 1.35. The smallest absolute Gasteiger partial charge is 0.135 e. The third-order valence-corrected chi connectivity index (χ3v) is 2.45. The van der Waals surface area contributed by atoms with Crippen molar-refractivity contribution in [2.24, 2.45) is 0 Å². The highest BCUT2D eigenvalue weighted by Crippen LogP contribution is 2.17. The van der Waals surface area contributed by atoms with Gasteiger partial charge in [0.2, 0.25) is 0 Å². The molecule has 0 aliphatic carbocycles. The Balaban J connectivity index is 2.10. The standard InChI is InChI=1S/C11H14ClN5/c1-7(2)11-16-9(12)3-10(17-11)13-4-8-5-14-15-6-8/h3,5-7H,4H2,1-2H3,(H,14,15)(H,13,16,17). The minimum atomic E-state index is 0.253. The molecule has 0 fully saturated rings. The van der Waals surface area contributed by atoms with Crippen molar-refractivity contribution in [3.8, 4) is 0 Å². The second kappa shape index (κ2) is 5.14. The molecule has 0 bridgehead atoms. The summed E-state index contributed by atoms with van der Waals surface area (Å²) >= 11 is 5.95. The Morgan fingerprint density at radius 1 is 1.41 bits per heavy atom. The van der Waals surface area contributed by atoms with E-state index < -0.39 is 0 Å². The van der Waals surface area contributed by atoms with Gasteiger partial charge in [0.25, 0.3) is 0 Å². The van der Waals surface area contributed by atoms with E-state index in [0.29, 0.717) is 11.7 Å². The Morgan fingerprint density at radius 2 is 2.24 bits per heavy atom. The van der Waals surface area contributed by atoms with Crippen LogP contribution < -0.4 is 5.32 Å². The SMILES string of the molecule is CC(C)c1nc(Cl)cc(NCc2cn[nH]c2)n1. The highest BCUT2D eigenvalue weighted by molar-refractivity contribution is 6.29. The third kappa shape index (κ3) is 3.17. The number of hydrogen-bond donors (Lipinski definition) is 2. The molecule has 0 atom stereocenters. The van der Waals surface area contributed by atoms with E-state index in [9.17, 15) is 0 Å². The third-order valence-electron chi connectivity index (χ3n) is 2.26. The van der Waals surface area contributed by atoms with Gasteiger partial charge in [0.05, 0.1) is 6.20 Å². The van der Waals surface area contributed by atoms with Crippen molar-refractivity contribution in [1.29, 1.82) is 0 Å². The molecule has 0 amide bonds. The number of hydrogen-bond acceptors (Lipinski definition) is 4. The van der Waals surface area contributed by atoms with Gasteiger partial charge in [-0.15, -0.1) is 0 Å². The monoisotopic (exact) mass is 251 g/mol. The maximum Gasteiger partial charge on any atom is 0.135 e. The van der Waals surface area contributed by atoms with Crippen molar-refractivity contribution in [2.45, 2.75) is 26.3 Å². The van der Waals surface area contributed by atoms with Crippen LogP contribution in [0.5, 0.6) is 0 Å². The van der Waals surface area contributed by atoms with Crippen LogP contribution in [0.1, 0.15) is 31.2 Å². The van der Waals surface area contributed by atoms with Crippen molar-refractivity contribution in [3.63, 3.8) is 0 Å². The number of H-pyrrole nitrogens is 1. The van der Waals surface area contributed by atoms with Gasteiger partial charge in [-0.25, -0.2) is 9.97 Å². The predicted molar refractivity (Wildman–Crippen MR) is 67.0 cm³/mol. The van der Waals surface area contributed by atoms with Crippen LogP contribution in [0.4, 0.5) is 5.82 Å². The van der Waals surface area contributed by atoms with Crippen LogP contribution >= 0.6 is 11.6 Å². The van der Waals surface area contributed by atoms with Gasteiger partial charge in [0.1, 0.15) is 16.8 Å². The molecule has 2 aromatic rings. The van der Waals surface area contributed by atoms with Gasteiger partial charge < -0.3 is 5.32 Å². The molecule has 2 heterocycles. The second-order valence-electron chi connectivity index (χ2n) is 4.05. The molecule has 0 aliphatic heterocycles. The molecule has 0 radical (unpaired) electrons. The first-order chi connectivity index (χ1) is 8.15. The van der Waals surface area contributed by atoms with Crippen molar-refractivity contribution in [1.82, 2.24) is 20.2 Å². The normalized spacial score (nSPS) is 10.8. The highest BCUT2D eigenvalue weighted by Gasteiger charge is 2.06. The molecule has 90 valence electrons. The summed E-state index contributed by atoms with van der Waals surface area (Å²) < 4.78 is 0. The number of halogens is 1. The van der Waals surface area contributed by atoms with Crippen LogP contribution in [0.25, 0.3) is 0 Å². The summed E-state index contributed by atoms with van der Waals surface area (Å²) in [7, 11) is 0. The molecule has 0 saturated heterocycles. The molecule has 2 aromatic heterocycles. The van der Waals surface area contributed by atoms with Crippen molar-refractivity contribution in [2.75, 3.05) is 5.32 Å². The number of nitrogens with zero attached hydrogens (tertiary/aromatic N) is 3. The van der Waals surface area contributed by atoms with E-state index in [1.54, 1.807) is 12.3 Å². The molecule has 0 aromatic carbocycles. The number of anilines is 1. The summed E-state index contributed by atoms with van der Waals surface area (Å²) in [5.41, 5.74) is 1.06. The van der Waals surface area contributed by atoms with Crippen LogP contribution in [-0.4, -0.2) is 20.2 Å². The molecule has 0 unspecified atom stereocenters. The van der Waals surface area contributed by atoms with Gasteiger partial charge in [-0.05, 0) is 0 Å². The van der Waals surface area contributed by atoms with E-state index in [4.69, 9.17) is 11.6 Å². The van der Waals surface area contributed by atoms with Gasteiger partial charge >= 0.3 is 0 Å². The molecule has 0 saturated carbocycles. The Kier molecular flexibility index (Phi) is 3.58. The van der Waals surface area contributed by atoms with Gasteiger partial charge in [-0.1, -0.05) is 25.4 Å². The maximum atomic E-state index is 5.95. The molecule has 6 heteroatoms. The van der Waals surface area contributed by atoms with Crippen LogP contribution in [0.15, 0.2) is 18.5 Å². The van der Waals surface area contributed by atoms with E-state index in [0.717, 1.165) is 17.2 Å². The fourth-order valence-corrected chi connectivity index (χ4v) is 1.54. The first kappa shape index (κ1) is 11.9. The minimum Gasteiger partial charge on any atom is -0.366 e. The average molecular weight is 252 g/mol. The van der Waals surface area contributed by atoms with Crippen LogP contribution in [0, 0.1) is 0 Å². The first-order valence-electron chi connectivity index (χ1n) is 5.41. The van der Waals surface area contributed by atoms with Crippen LogP contribution in [-0.2, 0) is 6.54 Å². The van der Waals surface area contributed by atoms with Crippen LogP contribution in [0.2, 0.25) is 5.15 Å². The molecular formula is C11H14ClN5. The summed E-state index contributed by atoms with van der Waals surface area (Å²) in [5.74, 6) is 1.73. The van der Waals surface area contributed by atoms with E-state index in [1.807, 2.05) is 20.0 Å². The zero-order chi connectivity index (χ0) is 12.3. The Hall–Kier alpha value is -1.62. The van der Waals surface area contributed by atoms with Gasteiger partial charge in [-0.2, -0.15) is 5.10 Å². The quantitative estimate of drug-likeness (QED) is 0.820. The van der Waals surface area contributed by atoms with Crippen LogP contribution in [0.3, 0.4) is 0 Å². The zero-order valence-corrected chi connectivity index (χ0v) is 10.5. The second-order valence-corrected chi connectivity index (χ2v) is 4.44. The summed E-state index contributed by atoms with van der Waals surface area (Å²) in [6.45, 7) is 4.72. The molecular weight excluding hydrogens is 238 g/mol. The molecule has 0 spiro atoms. The van der Waals surface area contributed by atoms with Gasteiger partial charge in [0, 0.05) is 30.3 Å². The number of rotatable bonds is 4. The summed E-state index contributed by atoms with van der Waals surface area (Å²) in [6, 6.07) is 1.72. The molecule has 2 rings (SSSR count). The Bertz CT molecular complexity index is 481. The van der Waals surface area contributed by atoms with Gasteiger partial charge in [-0.3, -0.25) is 5.10 Å². The Morgan fingerprint density at radius 3 is 2.88 bits per heavy atom. The molecule has 17 heavy (non-hydrogen) atoms. The lowest BCUT2D eigenvalue weighted by molar-refractivity contribution is 0.774. The maximum absolute atomic E-state index is 5.95. The largest absolute Gasteiger partial charge is 0.366 e. The highest BCUT2D eigenvalue weighted by atomic mass is 35.5. The summed E-state index contributed by atoms with van der Waals surface area (Å²) in [4.78, 5) is 8.57. The number of aromatic amines is 1. The predicted octanol–water partition coefficient (Wildman–Crippen LogP) is 2.59. The lowest BCUT2D eigenvalue weighted by Crippen LogP contribution is -2.05. The van der Waals surface area contributed by atoms with Crippen molar-refractivity contribution >= 4 is 17.4 Å². The van der Waals surface area contributed by atoms with Gasteiger partial charge in [0.15, 0.2) is 0 Å². The van der Waals surface area contributed by atoms with Crippen molar-refractivity contribution in [3.05, 3.63) is 35.0 Å². The summed E-state index contributed by atoms with van der Waals surface area (Å²) in [6.07, 6.45) is 3.60. The number of aromatic nitrogens is 4. The minimum absolute atomic E-state index is 0.253. The number of nitrogens with one attached hydrogen (secondary N) is 2. The average Bonchev–Trinajstić information content (AvgIpc) is 2.78. The Labute approximate surface area is 105 Å². The fraction of sp³-hybridized carbons (Fsp3) is 0.364. The lowest BCUT2D eigenvalue weighted by atomic mass is 10.2. The molecule has 0 aliphatic rings. The summed E-state index contributed by atoms with van der Waals surface area (Å²) in [5, 5.41) is 10.3. The topological polar surface area (TPSA) is 66.5 Å². The van der Waals surface area contributed by atoms with Crippen molar-refractivity contribution < 1.29 is 0 Å². The van der Waals surface area contributed by atoms with E-state index in [1.165, 1.54) is 0 Å².